The van der Waals surface area contributed by atoms with E-state index in [1.807, 2.05) is 24.3 Å². The van der Waals surface area contributed by atoms with Crippen molar-refractivity contribution < 1.29 is 0 Å². The summed E-state index contributed by atoms with van der Waals surface area (Å²) < 4.78 is 0. The van der Waals surface area contributed by atoms with Crippen LogP contribution in [-0.4, -0.2) is 10.2 Å². The quantitative estimate of drug-likeness (QED) is 0.742. The van der Waals surface area contributed by atoms with Crippen LogP contribution in [0.15, 0.2) is 30.3 Å². The lowest BCUT2D eigenvalue weighted by Crippen LogP contribution is -2.32. The van der Waals surface area contributed by atoms with Gasteiger partial charge >= 0.3 is 0 Å². The molecule has 2 aliphatic carbocycles. The first-order valence-corrected chi connectivity index (χ1v) is 7.96. The van der Waals surface area contributed by atoms with Crippen molar-refractivity contribution in [2.75, 3.05) is 0 Å². The maximum Gasteiger partial charge on any atom is 0.0947 e. The summed E-state index contributed by atoms with van der Waals surface area (Å²) in [6.45, 7) is 7.10. The van der Waals surface area contributed by atoms with Crippen LogP contribution in [0.1, 0.15) is 50.8 Å². The Kier molecular flexibility index (Phi) is 2.57. The van der Waals surface area contributed by atoms with Crippen LogP contribution in [-0.2, 0) is 5.41 Å². The molecule has 0 amide bonds. The lowest BCUT2D eigenvalue weighted by atomic mass is 9.70. The third-order valence-electron chi connectivity index (χ3n) is 6.10. The Morgan fingerprint density at radius 2 is 1.90 bits per heavy atom. The van der Waals surface area contributed by atoms with E-state index in [1.54, 1.807) is 0 Å². The number of hydrogen-bond donors (Lipinski definition) is 0. The van der Waals surface area contributed by atoms with Crippen molar-refractivity contribution in [2.24, 2.45) is 5.41 Å². The number of halogens is 1. The highest BCUT2D eigenvalue weighted by Crippen LogP contribution is 2.67. The van der Waals surface area contributed by atoms with Crippen LogP contribution in [0.5, 0.6) is 0 Å². The topological polar surface area (TPSA) is 25.8 Å². The van der Waals surface area contributed by atoms with Crippen LogP contribution in [0.3, 0.4) is 0 Å². The molecule has 4 rings (SSSR count). The third kappa shape index (κ3) is 1.54. The molecule has 2 atom stereocenters. The second kappa shape index (κ2) is 4.07. The van der Waals surface area contributed by atoms with Gasteiger partial charge in [0.1, 0.15) is 0 Å². The molecule has 0 N–H and O–H groups in total. The Balaban J connectivity index is 1.89. The van der Waals surface area contributed by atoms with Gasteiger partial charge in [0.25, 0.3) is 0 Å². The molecule has 0 aliphatic heterocycles. The molecular formula is C18H19ClN2. The number of nitrogens with zero attached hydrogens (tertiary/aromatic N) is 2. The van der Waals surface area contributed by atoms with Crippen molar-refractivity contribution in [3.05, 3.63) is 46.6 Å². The van der Waals surface area contributed by atoms with Crippen molar-refractivity contribution in [3.8, 4) is 11.3 Å². The summed E-state index contributed by atoms with van der Waals surface area (Å²) in [6, 6.07) is 10.1. The Labute approximate surface area is 130 Å². The normalized spacial score (nSPS) is 28.7. The molecule has 1 saturated carbocycles. The smallest absolute Gasteiger partial charge is 0.0947 e. The monoisotopic (exact) mass is 298 g/mol. The molecule has 2 unspecified atom stereocenters. The minimum Gasteiger partial charge on any atom is -0.154 e. The van der Waals surface area contributed by atoms with Gasteiger partial charge in [-0.2, -0.15) is 10.2 Å². The van der Waals surface area contributed by atoms with Gasteiger partial charge < -0.3 is 0 Å². The molecular weight excluding hydrogens is 280 g/mol. The first-order valence-electron chi connectivity index (χ1n) is 7.58. The lowest BCUT2D eigenvalue weighted by molar-refractivity contribution is 0.226. The summed E-state index contributed by atoms with van der Waals surface area (Å²) >= 11 is 6.30. The molecule has 3 heteroatoms. The van der Waals surface area contributed by atoms with Crippen LogP contribution in [0, 0.1) is 5.41 Å². The van der Waals surface area contributed by atoms with Crippen LogP contribution in [0.4, 0.5) is 0 Å². The summed E-state index contributed by atoms with van der Waals surface area (Å²) in [6.07, 6.45) is 2.47. The molecule has 1 aromatic carbocycles. The predicted octanol–water partition coefficient (Wildman–Crippen LogP) is 4.97. The molecule has 0 radical (unpaired) electrons. The summed E-state index contributed by atoms with van der Waals surface area (Å²) in [5, 5.41) is 9.83. The van der Waals surface area contributed by atoms with E-state index in [9.17, 15) is 0 Å². The highest BCUT2D eigenvalue weighted by molar-refractivity contribution is 6.33. The second-order valence-electron chi connectivity index (χ2n) is 7.16. The predicted molar refractivity (Wildman–Crippen MR) is 85.6 cm³/mol. The zero-order valence-electron chi connectivity index (χ0n) is 12.7. The Morgan fingerprint density at radius 1 is 1.14 bits per heavy atom. The molecule has 108 valence electrons. The van der Waals surface area contributed by atoms with Crippen LogP contribution >= 0.6 is 11.6 Å². The zero-order valence-corrected chi connectivity index (χ0v) is 13.4. The maximum absolute atomic E-state index is 6.30. The average Bonchev–Trinajstić information content (AvgIpc) is 2.79. The molecule has 2 bridgehead atoms. The summed E-state index contributed by atoms with van der Waals surface area (Å²) in [7, 11) is 0. The van der Waals surface area contributed by atoms with Gasteiger partial charge in [0, 0.05) is 11.0 Å². The third-order valence-corrected chi connectivity index (χ3v) is 6.43. The van der Waals surface area contributed by atoms with Crippen molar-refractivity contribution >= 4 is 11.6 Å². The molecule has 1 fully saturated rings. The fourth-order valence-electron chi connectivity index (χ4n) is 4.37. The molecule has 1 aromatic heterocycles. The number of hydrogen-bond acceptors (Lipinski definition) is 2. The first kappa shape index (κ1) is 13.3. The van der Waals surface area contributed by atoms with E-state index in [0.29, 0.717) is 5.92 Å². The fraction of sp³-hybridized carbons (Fsp3) is 0.444. The molecule has 2 nitrogen and oxygen atoms in total. The first-order chi connectivity index (χ1) is 9.95. The van der Waals surface area contributed by atoms with Gasteiger partial charge in [-0.1, -0.05) is 50.6 Å². The molecule has 0 saturated heterocycles. The minimum atomic E-state index is 0.166. The SMILES string of the molecule is CC12CCC(c3cc(-c4ccccc4Cl)nnc31)C2(C)C. The van der Waals surface area contributed by atoms with Crippen molar-refractivity contribution in [2.45, 2.75) is 44.9 Å². The lowest BCUT2D eigenvalue weighted by Gasteiger charge is -2.33. The van der Waals surface area contributed by atoms with E-state index in [4.69, 9.17) is 11.6 Å². The average molecular weight is 299 g/mol. The van der Waals surface area contributed by atoms with Crippen LogP contribution in [0.25, 0.3) is 11.3 Å². The van der Waals surface area contributed by atoms with E-state index in [1.165, 1.54) is 24.1 Å². The Hall–Kier alpha value is -1.41. The van der Waals surface area contributed by atoms with E-state index in [2.05, 4.69) is 37.0 Å². The Morgan fingerprint density at radius 3 is 2.67 bits per heavy atom. The van der Waals surface area contributed by atoms with Gasteiger partial charge in [0.2, 0.25) is 0 Å². The number of benzene rings is 1. The maximum atomic E-state index is 6.30. The molecule has 1 heterocycles. The molecule has 0 spiro atoms. The van der Waals surface area contributed by atoms with Gasteiger partial charge in [-0.15, -0.1) is 0 Å². The van der Waals surface area contributed by atoms with Gasteiger partial charge in [-0.05, 0) is 41.9 Å². The highest BCUT2D eigenvalue weighted by atomic mass is 35.5. The molecule has 2 aliphatic rings. The summed E-state index contributed by atoms with van der Waals surface area (Å²) in [5.41, 5.74) is 4.90. The van der Waals surface area contributed by atoms with Gasteiger partial charge in [-0.25, -0.2) is 0 Å². The van der Waals surface area contributed by atoms with E-state index in [0.717, 1.165) is 16.3 Å². The van der Waals surface area contributed by atoms with E-state index < -0.39 is 0 Å². The van der Waals surface area contributed by atoms with Crippen molar-refractivity contribution in [3.63, 3.8) is 0 Å². The van der Waals surface area contributed by atoms with Gasteiger partial charge in [-0.3, -0.25) is 0 Å². The highest BCUT2D eigenvalue weighted by Gasteiger charge is 2.60. The van der Waals surface area contributed by atoms with E-state index >= 15 is 0 Å². The Bertz CT molecular complexity index is 738. The zero-order chi connectivity index (χ0) is 14.8. The van der Waals surface area contributed by atoms with Gasteiger partial charge in [0.05, 0.1) is 16.4 Å². The standard InChI is InChI=1S/C18H19ClN2/c1-17(2)13-8-9-18(17,3)16-12(13)10-15(20-21-16)11-6-4-5-7-14(11)19/h4-7,10,13H,8-9H2,1-3H3. The van der Waals surface area contributed by atoms with Crippen LogP contribution < -0.4 is 0 Å². The van der Waals surface area contributed by atoms with Crippen LogP contribution in [0.2, 0.25) is 5.02 Å². The van der Waals surface area contributed by atoms with Crippen molar-refractivity contribution in [1.82, 2.24) is 10.2 Å². The summed E-state index contributed by atoms with van der Waals surface area (Å²) in [4.78, 5) is 0. The minimum absolute atomic E-state index is 0.166. The largest absolute Gasteiger partial charge is 0.154 e. The summed E-state index contributed by atoms with van der Waals surface area (Å²) in [5.74, 6) is 0.592. The molecule has 2 aromatic rings. The number of fused-ring (bicyclic) bond motifs is 5. The fourth-order valence-corrected chi connectivity index (χ4v) is 4.60. The molecule has 21 heavy (non-hydrogen) atoms. The second-order valence-corrected chi connectivity index (χ2v) is 7.57. The number of rotatable bonds is 1. The van der Waals surface area contributed by atoms with Gasteiger partial charge in [0.15, 0.2) is 0 Å². The van der Waals surface area contributed by atoms with Crippen molar-refractivity contribution in [1.29, 1.82) is 0 Å². The number of aromatic nitrogens is 2. The van der Waals surface area contributed by atoms with E-state index in [-0.39, 0.29) is 10.8 Å².